The lowest BCUT2D eigenvalue weighted by Gasteiger charge is -2.20. The molecule has 27 heavy (non-hydrogen) atoms. The van der Waals surface area contributed by atoms with Gasteiger partial charge in [-0.1, -0.05) is 48.0 Å². The first-order chi connectivity index (χ1) is 13.1. The Morgan fingerprint density at radius 1 is 1.04 bits per heavy atom. The van der Waals surface area contributed by atoms with Crippen molar-refractivity contribution < 1.29 is 12.8 Å². The lowest BCUT2D eigenvalue weighted by atomic mass is 10.2. The molecule has 0 unspecified atom stereocenters. The molecule has 0 fully saturated rings. The van der Waals surface area contributed by atoms with E-state index >= 15 is 0 Å². The molecule has 0 aliphatic heterocycles. The van der Waals surface area contributed by atoms with Crippen molar-refractivity contribution >= 4 is 16.1 Å². The van der Waals surface area contributed by atoms with Crippen molar-refractivity contribution in [2.75, 3.05) is 6.54 Å². The minimum Gasteiger partial charge on any atom is -0.472 e. The second-order valence-electron chi connectivity index (χ2n) is 6.17. The van der Waals surface area contributed by atoms with Crippen molar-refractivity contribution in [3.05, 3.63) is 102 Å². The maximum absolute atomic E-state index is 13.1. The van der Waals surface area contributed by atoms with E-state index in [-0.39, 0.29) is 18.0 Å². The summed E-state index contributed by atoms with van der Waals surface area (Å²) in [6, 6.07) is 18.4. The van der Waals surface area contributed by atoms with Crippen LogP contribution in [0, 0.1) is 6.92 Å². The largest absolute Gasteiger partial charge is 0.472 e. The zero-order chi connectivity index (χ0) is 19.1. The first-order valence-electron chi connectivity index (χ1n) is 8.59. The van der Waals surface area contributed by atoms with E-state index in [2.05, 4.69) is 5.73 Å². The van der Waals surface area contributed by atoms with Crippen LogP contribution in [-0.4, -0.2) is 19.3 Å². The highest BCUT2D eigenvalue weighted by atomic mass is 32.2. The van der Waals surface area contributed by atoms with Gasteiger partial charge in [0.1, 0.15) is 0 Å². The molecular formula is C22H21NO3S. The Hall–Kier alpha value is -2.85. The molecule has 0 aliphatic carbocycles. The van der Waals surface area contributed by atoms with Crippen molar-refractivity contribution in [3.63, 3.8) is 0 Å². The summed E-state index contributed by atoms with van der Waals surface area (Å²) in [4.78, 5) is 0.275. The Morgan fingerprint density at radius 3 is 2.44 bits per heavy atom. The number of nitrogens with zero attached hydrogens (tertiary/aromatic N) is 1. The summed E-state index contributed by atoms with van der Waals surface area (Å²) in [7, 11) is -3.63. The molecule has 0 aliphatic rings. The Morgan fingerprint density at radius 2 is 1.78 bits per heavy atom. The minimum absolute atomic E-state index is 0.213. The quantitative estimate of drug-likeness (QED) is 0.562. The summed E-state index contributed by atoms with van der Waals surface area (Å²) in [6.45, 7) is 2.37. The topological polar surface area (TPSA) is 50.5 Å². The fourth-order valence-electron chi connectivity index (χ4n) is 2.55. The molecule has 0 amide bonds. The number of sulfonamides is 1. The maximum atomic E-state index is 13.1. The van der Waals surface area contributed by atoms with Crippen LogP contribution in [0.5, 0.6) is 0 Å². The van der Waals surface area contributed by atoms with Crippen molar-refractivity contribution in [2.45, 2.75) is 18.4 Å². The smallest absolute Gasteiger partial charge is 0.243 e. The Labute approximate surface area is 160 Å². The molecule has 0 radical (unpaired) electrons. The van der Waals surface area contributed by atoms with Crippen LogP contribution in [0.4, 0.5) is 0 Å². The van der Waals surface area contributed by atoms with Crippen molar-refractivity contribution in [2.24, 2.45) is 0 Å². The van der Waals surface area contributed by atoms with Crippen LogP contribution in [0.1, 0.15) is 16.7 Å². The van der Waals surface area contributed by atoms with Gasteiger partial charge in [-0.15, -0.1) is 5.73 Å². The van der Waals surface area contributed by atoms with Gasteiger partial charge in [0.25, 0.3) is 0 Å². The number of hydrogen-bond acceptors (Lipinski definition) is 3. The molecule has 0 saturated carbocycles. The van der Waals surface area contributed by atoms with Crippen LogP contribution < -0.4 is 0 Å². The molecule has 0 N–H and O–H groups in total. The molecule has 0 spiro atoms. The number of aryl methyl sites for hydroxylation is 1. The lowest BCUT2D eigenvalue weighted by Crippen LogP contribution is -2.30. The molecule has 5 heteroatoms. The van der Waals surface area contributed by atoms with Crippen molar-refractivity contribution in [3.8, 4) is 0 Å². The number of benzene rings is 2. The molecule has 3 aromatic rings. The van der Waals surface area contributed by atoms with Crippen LogP contribution in [-0.2, 0) is 16.6 Å². The lowest BCUT2D eigenvalue weighted by molar-refractivity contribution is 0.435. The Balaban J connectivity index is 1.84. The molecule has 3 rings (SSSR count). The summed E-state index contributed by atoms with van der Waals surface area (Å²) < 4.78 is 32.6. The summed E-state index contributed by atoms with van der Waals surface area (Å²) in [5.74, 6) is 0. The maximum Gasteiger partial charge on any atom is 0.243 e. The molecule has 1 heterocycles. The van der Waals surface area contributed by atoms with E-state index in [1.54, 1.807) is 42.7 Å². The van der Waals surface area contributed by atoms with Crippen molar-refractivity contribution in [1.82, 2.24) is 4.31 Å². The van der Waals surface area contributed by atoms with E-state index in [9.17, 15) is 8.42 Å². The molecule has 4 nitrogen and oxygen atoms in total. The molecule has 0 saturated heterocycles. The molecule has 2 aromatic carbocycles. The van der Waals surface area contributed by atoms with Gasteiger partial charge in [-0.2, -0.15) is 4.31 Å². The first-order valence-corrected chi connectivity index (χ1v) is 10.0. The first kappa shape index (κ1) is 18.9. The second kappa shape index (κ2) is 8.69. The number of furan rings is 1. The van der Waals surface area contributed by atoms with Crippen LogP contribution in [0.25, 0.3) is 6.08 Å². The van der Waals surface area contributed by atoms with E-state index in [1.165, 1.54) is 10.6 Å². The fourth-order valence-corrected chi connectivity index (χ4v) is 3.92. The van der Waals surface area contributed by atoms with Gasteiger partial charge in [-0.3, -0.25) is 0 Å². The van der Waals surface area contributed by atoms with Gasteiger partial charge >= 0.3 is 0 Å². The summed E-state index contributed by atoms with van der Waals surface area (Å²) in [6.07, 6.45) is 6.64. The third kappa shape index (κ3) is 5.08. The number of hydrogen-bond donors (Lipinski definition) is 0. The third-order valence-electron chi connectivity index (χ3n) is 4.06. The van der Waals surface area contributed by atoms with E-state index in [0.717, 1.165) is 16.7 Å². The zero-order valence-electron chi connectivity index (χ0n) is 15.1. The highest BCUT2D eigenvalue weighted by Crippen LogP contribution is 2.19. The van der Waals surface area contributed by atoms with E-state index < -0.39 is 10.0 Å². The Bertz CT molecular complexity index is 1010. The van der Waals surface area contributed by atoms with Gasteiger partial charge in [-0.05, 0) is 42.8 Å². The zero-order valence-corrected chi connectivity index (χ0v) is 15.9. The number of rotatable bonds is 7. The molecule has 138 valence electrons. The molecule has 1 aromatic heterocycles. The summed E-state index contributed by atoms with van der Waals surface area (Å²) in [5, 5.41) is 0. The van der Waals surface area contributed by atoms with Crippen LogP contribution in [0.3, 0.4) is 0 Å². The minimum atomic E-state index is -3.63. The average molecular weight is 379 g/mol. The Kier molecular flexibility index (Phi) is 6.09. The average Bonchev–Trinajstić information content (AvgIpc) is 3.18. The predicted molar refractivity (Wildman–Crippen MR) is 106 cm³/mol. The third-order valence-corrected chi connectivity index (χ3v) is 5.89. The van der Waals surface area contributed by atoms with E-state index in [4.69, 9.17) is 4.42 Å². The van der Waals surface area contributed by atoms with Gasteiger partial charge in [0.15, 0.2) is 0 Å². The SMILES string of the molecule is Cc1ccc(S(=O)(=O)N(CC=C=Cc2ccccc2)Cc2ccoc2)cc1. The molecular weight excluding hydrogens is 358 g/mol. The van der Waals surface area contributed by atoms with Crippen molar-refractivity contribution in [1.29, 1.82) is 0 Å². The summed E-state index contributed by atoms with van der Waals surface area (Å²) >= 11 is 0. The monoisotopic (exact) mass is 379 g/mol. The van der Waals surface area contributed by atoms with Gasteiger partial charge < -0.3 is 4.42 Å². The standard InChI is InChI=1S/C22H21NO3S/c1-19-10-12-22(13-11-19)27(24,25)23(17-21-14-16-26-18-21)15-6-5-9-20-7-3-2-4-8-20/h2-4,6-14,16,18H,15,17H2,1H3. The second-order valence-corrected chi connectivity index (χ2v) is 8.11. The molecule has 0 atom stereocenters. The van der Waals surface area contributed by atoms with E-state index in [1.807, 2.05) is 43.3 Å². The van der Waals surface area contributed by atoms with E-state index in [0.29, 0.717) is 0 Å². The summed E-state index contributed by atoms with van der Waals surface area (Å²) in [5.41, 5.74) is 5.89. The van der Waals surface area contributed by atoms with Gasteiger partial charge in [0, 0.05) is 18.7 Å². The van der Waals surface area contributed by atoms with Crippen LogP contribution in [0.2, 0.25) is 0 Å². The predicted octanol–water partition coefficient (Wildman–Crippen LogP) is 4.65. The highest BCUT2D eigenvalue weighted by molar-refractivity contribution is 7.89. The van der Waals surface area contributed by atoms with Gasteiger partial charge in [-0.25, -0.2) is 8.42 Å². The highest BCUT2D eigenvalue weighted by Gasteiger charge is 2.24. The fraction of sp³-hybridized carbons (Fsp3) is 0.136. The van der Waals surface area contributed by atoms with Crippen LogP contribution in [0.15, 0.2) is 94.3 Å². The normalized spacial score (nSPS) is 11.2. The van der Waals surface area contributed by atoms with Gasteiger partial charge in [0.05, 0.1) is 17.4 Å². The van der Waals surface area contributed by atoms with Crippen LogP contribution >= 0.6 is 0 Å². The van der Waals surface area contributed by atoms with Gasteiger partial charge in [0.2, 0.25) is 10.0 Å². The molecule has 0 bridgehead atoms.